The molecule has 1 atom stereocenters. The van der Waals surface area contributed by atoms with Crippen LogP contribution in [0.25, 0.3) is 10.9 Å². The first-order chi connectivity index (χ1) is 9.58. The molecule has 0 aliphatic carbocycles. The zero-order valence-corrected chi connectivity index (χ0v) is 11.4. The molecule has 0 bridgehead atoms. The standard InChI is InChI=1S/C15H18N2O3/c1-10(15(16)19)20-14(18)8-4-5-11-9-17-13-7-3-2-6-12(11)13/h2-3,6-7,9-10,17H,4-5,8H2,1H3,(H2,16,19)/t10-/m0/s1. The molecule has 1 aromatic carbocycles. The predicted octanol–water partition coefficient (Wildman–Crippen LogP) is 1.91. The Morgan fingerprint density at radius 3 is 2.85 bits per heavy atom. The third-order valence-electron chi connectivity index (χ3n) is 3.21. The Kier molecular flexibility index (Phi) is 4.40. The fourth-order valence-electron chi connectivity index (χ4n) is 2.08. The van der Waals surface area contributed by atoms with E-state index in [-0.39, 0.29) is 6.42 Å². The minimum Gasteiger partial charge on any atom is -0.453 e. The fraction of sp³-hybridized carbons (Fsp3) is 0.333. The molecule has 3 N–H and O–H groups in total. The summed E-state index contributed by atoms with van der Waals surface area (Å²) in [6.45, 7) is 1.47. The van der Waals surface area contributed by atoms with E-state index in [2.05, 4.69) is 11.1 Å². The Bertz CT molecular complexity index is 618. The highest BCUT2D eigenvalue weighted by Crippen LogP contribution is 2.19. The molecule has 0 saturated carbocycles. The summed E-state index contributed by atoms with van der Waals surface area (Å²) < 4.78 is 4.90. The van der Waals surface area contributed by atoms with Crippen molar-refractivity contribution in [3.63, 3.8) is 0 Å². The van der Waals surface area contributed by atoms with Gasteiger partial charge in [-0.05, 0) is 31.4 Å². The van der Waals surface area contributed by atoms with Gasteiger partial charge in [-0.25, -0.2) is 0 Å². The highest BCUT2D eigenvalue weighted by molar-refractivity contribution is 5.83. The van der Waals surface area contributed by atoms with Gasteiger partial charge in [-0.3, -0.25) is 9.59 Å². The van der Waals surface area contributed by atoms with Gasteiger partial charge < -0.3 is 15.5 Å². The lowest BCUT2D eigenvalue weighted by molar-refractivity contribution is -0.153. The monoisotopic (exact) mass is 274 g/mol. The van der Waals surface area contributed by atoms with Crippen molar-refractivity contribution >= 4 is 22.8 Å². The Morgan fingerprint density at radius 1 is 1.35 bits per heavy atom. The quantitative estimate of drug-likeness (QED) is 0.789. The molecule has 0 spiro atoms. The number of hydrogen-bond acceptors (Lipinski definition) is 3. The summed E-state index contributed by atoms with van der Waals surface area (Å²) >= 11 is 0. The molecule has 1 aromatic heterocycles. The van der Waals surface area contributed by atoms with Crippen molar-refractivity contribution in [1.29, 1.82) is 0 Å². The maximum absolute atomic E-state index is 11.5. The molecular weight excluding hydrogens is 256 g/mol. The second-order valence-electron chi connectivity index (χ2n) is 4.75. The molecule has 20 heavy (non-hydrogen) atoms. The van der Waals surface area contributed by atoms with Crippen molar-refractivity contribution in [3.05, 3.63) is 36.0 Å². The SMILES string of the molecule is C[C@H](OC(=O)CCCc1c[nH]c2ccccc12)C(N)=O. The largest absolute Gasteiger partial charge is 0.453 e. The van der Waals surface area contributed by atoms with Crippen molar-refractivity contribution in [1.82, 2.24) is 4.98 Å². The van der Waals surface area contributed by atoms with Gasteiger partial charge in [0.1, 0.15) is 0 Å². The molecule has 1 amide bonds. The number of nitrogens with two attached hydrogens (primary N) is 1. The topological polar surface area (TPSA) is 85.2 Å². The van der Waals surface area contributed by atoms with Crippen LogP contribution in [0.2, 0.25) is 0 Å². The number of amides is 1. The zero-order chi connectivity index (χ0) is 14.5. The second kappa shape index (κ2) is 6.23. The van der Waals surface area contributed by atoms with Crippen LogP contribution in [0.1, 0.15) is 25.3 Å². The first kappa shape index (κ1) is 14.1. The van der Waals surface area contributed by atoms with E-state index in [4.69, 9.17) is 10.5 Å². The highest BCUT2D eigenvalue weighted by Gasteiger charge is 2.14. The van der Waals surface area contributed by atoms with Gasteiger partial charge in [0.15, 0.2) is 6.10 Å². The maximum atomic E-state index is 11.5. The summed E-state index contributed by atoms with van der Waals surface area (Å²) in [5.41, 5.74) is 7.30. The molecule has 5 heteroatoms. The molecule has 5 nitrogen and oxygen atoms in total. The third-order valence-corrected chi connectivity index (χ3v) is 3.21. The number of ether oxygens (including phenoxy) is 1. The number of aromatic amines is 1. The van der Waals surface area contributed by atoms with Crippen molar-refractivity contribution < 1.29 is 14.3 Å². The van der Waals surface area contributed by atoms with Gasteiger partial charge in [0.25, 0.3) is 5.91 Å². The van der Waals surface area contributed by atoms with Crippen LogP contribution in [-0.4, -0.2) is 23.0 Å². The maximum Gasteiger partial charge on any atom is 0.306 e. The van der Waals surface area contributed by atoms with Crippen LogP contribution < -0.4 is 5.73 Å². The fourth-order valence-corrected chi connectivity index (χ4v) is 2.08. The lowest BCUT2D eigenvalue weighted by atomic mass is 10.1. The lowest BCUT2D eigenvalue weighted by Crippen LogP contribution is -2.30. The van der Waals surface area contributed by atoms with E-state index >= 15 is 0 Å². The second-order valence-corrected chi connectivity index (χ2v) is 4.75. The minimum absolute atomic E-state index is 0.275. The van der Waals surface area contributed by atoms with Crippen molar-refractivity contribution in [2.45, 2.75) is 32.3 Å². The predicted molar refractivity (Wildman–Crippen MR) is 76.0 cm³/mol. The van der Waals surface area contributed by atoms with E-state index < -0.39 is 18.0 Å². The van der Waals surface area contributed by atoms with Crippen LogP contribution in [0.15, 0.2) is 30.5 Å². The van der Waals surface area contributed by atoms with Crippen LogP contribution in [0.5, 0.6) is 0 Å². The number of aromatic nitrogens is 1. The zero-order valence-electron chi connectivity index (χ0n) is 11.4. The number of carbonyl (C=O) groups is 2. The highest BCUT2D eigenvalue weighted by atomic mass is 16.5. The number of H-pyrrole nitrogens is 1. The summed E-state index contributed by atoms with van der Waals surface area (Å²) in [4.78, 5) is 25.5. The summed E-state index contributed by atoms with van der Waals surface area (Å²) in [5, 5.41) is 1.17. The molecule has 2 aromatic rings. The summed E-state index contributed by atoms with van der Waals surface area (Å²) in [7, 11) is 0. The van der Waals surface area contributed by atoms with Gasteiger partial charge in [-0.15, -0.1) is 0 Å². The molecule has 106 valence electrons. The molecular formula is C15H18N2O3. The van der Waals surface area contributed by atoms with Gasteiger partial charge in [0, 0.05) is 23.5 Å². The van der Waals surface area contributed by atoms with Crippen LogP contribution >= 0.6 is 0 Å². The number of nitrogens with one attached hydrogen (secondary N) is 1. The van der Waals surface area contributed by atoms with E-state index in [1.165, 1.54) is 17.9 Å². The molecule has 1 heterocycles. The molecule has 0 radical (unpaired) electrons. The number of fused-ring (bicyclic) bond motifs is 1. The van der Waals surface area contributed by atoms with Crippen LogP contribution in [-0.2, 0) is 20.7 Å². The molecule has 0 aliphatic rings. The molecule has 2 rings (SSSR count). The van der Waals surface area contributed by atoms with Gasteiger partial charge in [-0.1, -0.05) is 18.2 Å². The summed E-state index contributed by atoms with van der Waals surface area (Å²) in [6, 6.07) is 8.03. The normalized spacial score (nSPS) is 12.2. The van der Waals surface area contributed by atoms with Gasteiger partial charge in [0.05, 0.1) is 0 Å². The van der Waals surface area contributed by atoms with Crippen LogP contribution in [0.4, 0.5) is 0 Å². The molecule has 0 saturated heterocycles. The number of hydrogen-bond donors (Lipinski definition) is 2. The summed E-state index contributed by atoms with van der Waals surface area (Å²) in [6.07, 6.45) is 2.82. The van der Waals surface area contributed by atoms with E-state index in [0.717, 1.165) is 11.9 Å². The van der Waals surface area contributed by atoms with Crippen molar-refractivity contribution in [2.75, 3.05) is 0 Å². The van der Waals surface area contributed by atoms with Gasteiger partial charge in [0.2, 0.25) is 0 Å². The average Bonchev–Trinajstić information content (AvgIpc) is 2.82. The van der Waals surface area contributed by atoms with Crippen molar-refractivity contribution in [2.24, 2.45) is 5.73 Å². The van der Waals surface area contributed by atoms with Crippen LogP contribution in [0.3, 0.4) is 0 Å². The van der Waals surface area contributed by atoms with Gasteiger partial charge >= 0.3 is 5.97 Å². The Labute approximate surface area is 117 Å². The number of para-hydroxylation sites is 1. The number of rotatable bonds is 6. The third kappa shape index (κ3) is 3.38. The molecule has 0 aliphatic heterocycles. The Hall–Kier alpha value is -2.30. The first-order valence-electron chi connectivity index (χ1n) is 6.61. The lowest BCUT2D eigenvalue weighted by Gasteiger charge is -2.09. The number of aryl methyl sites for hydroxylation is 1. The molecule has 0 fully saturated rings. The smallest absolute Gasteiger partial charge is 0.306 e. The van der Waals surface area contributed by atoms with Crippen LogP contribution in [0, 0.1) is 0 Å². The number of benzene rings is 1. The van der Waals surface area contributed by atoms with Crippen molar-refractivity contribution in [3.8, 4) is 0 Å². The average molecular weight is 274 g/mol. The van der Waals surface area contributed by atoms with Gasteiger partial charge in [-0.2, -0.15) is 0 Å². The number of carbonyl (C=O) groups excluding carboxylic acids is 2. The van der Waals surface area contributed by atoms with E-state index in [0.29, 0.717) is 6.42 Å². The minimum atomic E-state index is -0.865. The van der Waals surface area contributed by atoms with E-state index in [1.54, 1.807) is 0 Å². The van der Waals surface area contributed by atoms with E-state index in [1.807, 2.05) is 24.4 Å². The Balaban J connectivity index is 1.84. The Morgan fingerprint density at radius 2 is 2.10 bits per heavy atom. The number of primary amides is 1. The summed E-state index contributed by atoms with van der Waals surface area (Å²) in [5.74, 6) is -1.02. The first-order valence-corrected chi connectivity index (χ1v) is 6.61. The number of esters is 1. The molecule has 0 unspecified atom stereocenters. The van der Waals surface area contributed by atoms with E-state index in [9.17, 15) is 9.59 Å².